The zero-order valence-corrected chi connectivity index (χ0v) is 17.9. The second kappa shape index (κ2) is 12.2. The zero-order valence-electron chi connectivity index (χ0n) is 17.9. The van der Waals surface area contributed by atoms with Gasteiger partial charge in [0.1, 0.15) is 6.04 Å². The summed E-state index contributed by atoms with van der Waals surface area (Å²) in [7, 11) is 0. The Morgan fingerprint density at radius 2 is 1.52 bits per heavy atom. The summed E-state index contributed by atoms with van der Waals surface area (Å²) in [6.45, 7) is 1.75. The first kappa shape index (κ1) is 26.1. The van der Waals surface area contributed by atoms with Crippen molar-refractivity contribution in [2.75, 3.05) is 13.1 Å². The highest BCUT2D eigenvalue weighted by Gasteiger charge is 2.38. The van der Waals surface area contributed by atoms with Gasteiger partial charge < -0.3 is 15.9 Å². The number of carbonyl (C=O) groups is 2. The number of hydrogen-bond donors (Lipinski definition) is 3. The quantitative estimate of drug-likeness (QED) is 0.572. The molecule has 0 spiro atoms. The summed E-state index contributed by atoms with van der Waals surface area (Å²) < 4.78 is 31.7. The summed E-state index contributed by atoms with van der Waals surface area (Å²) in [4.78, 5) is 22.3. The molecule has 2 atom stereocenters. The van der Waals surface area contributed by atoms with E-state index in [-0.39, 0.29) is 6.04 Å². The van der Waals surface area contributed by atoms with Gasteiger partial charge in [-0.1, -0.05) is 66.7 Å². The predicted octanol–water partition coefficient (Wildman–Crippen LogP) is 4.02. The van der Waals surface area contributed by atoms with Crippen LogP contribution in [-0.4, -0.2) is 58.4 Å². The lowest BCUT2D eigenvalue weighted by atomic mass is 9.97. The number of likely N-dealkylation sites (tertiary alicyclic amines) is 1. The van der Waals surface area contributed by atoms with Gasteiger partial charge in [0.2, 0.25) is 0 Å². The molecular formula is C24H27F3N2O4. The number of benzene rings is 2. The lowest BCUT2D eigenvalue weighted by Crippen LogP contribution is -2.48. The van der Waals surface area contributed by atoms with Gasteiger partial charge in [0, 0.05) is 12.6 Å². The standard InChI is InChI=1S/C22H26N2O2.C2HF3O2/c23-21(22(25)26)20-14-8-16-24(20)15-7-13-19(17-9-3-1-4-10-17)18-11-5-2-6-12-18;3-2(4,5)1(6)7/h1-6,9-13,20-21H,7-8,14-16,23H2,(H,25,26);(H,6,7)/t20-,21-;/m1./s1. The number of carboxylic acid groups (broad SMARTS) is 2. The molecule has 178 valence electrons. The summed E-state index contributed by atoms with van der Waals surface area (Å²) in [5.41, 5.74) is 9.47. The second-order valence-electron chi connectivity index (χ2n) is 7.55. The fourth-order valence-corrected chi connectivity index (χ4v) is 3.71. The van der Waals surface area contributed by atoms with Gasteiger partial charge in [0.15, 0.2) is 0 Å². The molecule has 2 aromatic rings. The Kier molecular flexibility index (Phi) is 9.62. The van der Waals surface area contributed by atoms with Gasteiger partial charge in [0.05, 0.1) is 0 Å². The van der Waals surface area contributed by atoms with Crippen LogP contribution in [0.5, 0.6) is 0 Å². The fourth-order valence-electron chi connectivity index (χ4n) is 3.71. The molecule has 0 amide bonds. The number of carboxylic acids is 2. The Morgan fingerprint density at radius 1 is 1.03 bits per heavy atom. The maximum Gasteiger partial charge on any atom is 0.490 e. The van der Waals surface area contributed by atoms with Crippen LogP contribution in [0.15, 0.2) is 66.7 Å². The third-order valence-corrected chi connectivity index (χ3v) is 5.29. The van der Waals surface area contributed by atoms with Crippen LogP contribution in [0.4, 0.5) is 13.2 Å². The van der Waals surface area contributed by atoms with E-state index in [0.717, 1.165) is 32.4 Å². The number of halogens is 3. The van der Waals surface area contributed by atoms with E-state index >= 15 is 0 Å². The zero-order chi connectivity index (χ0) is 24.4. The number of rotatable bonds is 7. The molecule has 0 unspecified atom stereocenters. The van der Waals surface area contributed by atoms with Crippen LogP contribution < -0.4 is 5.73 Å². The lowest BCUT2D eigenvalue weighted by molar-refractivity contribution is -0.192. The van der Waals surface area contributed by atoms with E-state index in [1.54, 1.807) is 0 Å². The average molecular weight is 464 g/mol. The van der Waals surface area contributed by atoms with Crippen molar-refractivity contribution >= 4 is 17.5 Å². The molecule has 0 bridgehead atoms. The molecule has 0 saturated carbocycles. The van der Waals surface area contributed by atoms with E-state index in [9.17, 15) is 23.1 Å². The number of alkyl halides is 3. The molecule has 1 fully saturated rings. The smallest absolute Gasteiger partial charge is 0.480 e. The first-order valence-electron chi connectivity index (χ1n) is 10.4. The molecule has 1 aliphatic heterocycles. The fraction of sp³-hybridized carbons (Fsp3) is 0.333. The Bertz CT molecular complexity index is 892. The highest BCUT2D eigenvalue weighted by molar-refractivity contribution is 5.79. The Labute approximate surface area is 190 Å². The van der Waals surface area contributed by atoms with Crippen LogP contribution in [0.1, 0.15) is 30.4 Å². The molecule has 6 nitrogen and oxygen atoms in total. The number of aliphatic carboxylic acids is 2. The lowest BCUT2D eigenvalue weighted by Gasteiger charge is -2.26. The van der Waals surface area contributed by atoms with E-state index in [0.29, 0.717) is 0 Å². The predicted molar refractivity (Wildman–Crippen MR) is 118 cm³/mol. The van der Waals surface area contributed by atoms with Gasteiger partial charge in [-0.3, -0.25) is 9.69 Å². The summed E-state index contributed by atoms with van der Waals surface area (Å²) in [6, 6.07) is 19.9. The van der Waals surface area contributed by atoms with Gasteiger partial charge in [0.25, 0.3) is 0 Å². The van der Waals surface area contributed by atoms with Crippen LogP contribution in [0.2, 0.25) is 0 Å². The minimum absolute atomic E-state index is 0.0576. The Morgan fingerprint density at radius 3 is 1.94 bits per heavy atom. The molecule has 1 aliphatic rings. The van der Waals surface area contributed by atoms with Crippen molar-refractivity contribution < 1.29 is 33.0 Å². The maximum absolute atomic E-state index is 11.2. The van der Waals surface area contributed by atoms with Crippen molar-refractivity contribution in [3.05, 3.63) is 77.9 Å². The van der Waals surface area contributed by atoms with Gasteiger partial charge in [-0.05, 0) is 42.5 Å². The molecule has 0 aliphatic carbocycles. The van der Waals surface area contributed by atoms with E-state index < -0.39 is 24.2 Å². The third kappa shape index (κ3) is 8.03. The minimum atomic E-state index is -5.08. The molecule has 2 aromatic carbocycles. The van der Waals surface area contributed by atoms with Crippen molar-refractivity contribution in [3.8, 4) is 0 Å². The Balaban J connectivity index is 0.000000479. The van der Waals surface area contributed by atoms with Crippen molar-refractivity contribution in [2.45, 2.75) is 37.5 Å². The number of hydrogen-bond acceptors (Lipinski definition) is 4. The van der Waals surface area contributed by atoms with Crippen LogP contribution in [0, 0.1) is 0 Å². The van der Waals surface area contributed by atoms with E-state index in [2.05, 4.69) is 59.5 Å². The molecule has 1 saturated heterocycles. The molecular weight excluding hydrogens is 437 g/mol. The molecule has 1 heterocycles. The number of nitrogens with two attached hydrogens (primary N) is 1. The van der Waals surface area contributed by atoms with Crippen molar-refractivity contribution in [1.29, 1.82) is 0 Å². The summed E-state index contributed by atoms with van der Waals surface area (Å²) in [5.74, 6) is -3.67. The Hall–Kier alpha value is -3.17. The first-order chi connectivity index (χ1) is 15.6. The van der Waals surface area contributed by atoms with E-state index in [1.807, 2.05) is 12.1 Å². The molecule has 4 N–H and O–H groups in total. The van der Waals surface area contributed by atoms with Crippen molar-refractivity contribution in [2.24, 2.45) is 5.73 Å². The van der Waals surface area contributed by atoms with Crippen LogP contribution in [-0.2, 0) is 9.59 Å². The van der Waals surface area contributed by atoms with Crippen molar-refractivity contribution in [1.82, 2.24) is 4.90 Å². The molecule has 0 radical (unpaired) electrons. The first-order valence-corrected chi connectivity index (χ1v) is 10.4. The normalized spacial score (nSPS) is 16.9. The third-order valence-electron chi connectivity index (χ3n) is 5.29. The minimum Gasteiger partial charge on any atom is -0.480 e. The molecule has 3 rings (SSSR count). The molecule has 9 heteroatoms. The van der Waals surface area contributed by atoms with Crippen LogP contribution >= 0.6 is 0 Å². The van der Waals surface area contributed by atoms with Gasteiger partial charge in [-0.15, -0.1) is 0 Å². The highest BCUT2D eigenvalue weighted by atomic mass is 19.4. The topological polar surface area (TPSA) is 104 Å². The SMILES string of the molecule is N[C@@H](C(=O)O)[C@H]1CCCN1CCC=C(c1ccccc1)c1ccccc1.O=C(O)C(F)(F)F. The monoisotopic (exact) mass is 464 g/mol. The van der Waals surface area contributed by atoms with Crippen molar-refractivity contribution in [3.63, 3.8) is 0 Å². The largest absolute Gasteiger partial charge is 0.490 e. The molecule has 33 heavy (non-hydrogen) atoms. The second-order valence-corrected chi connectivity index (χ2v) is 7.55. The molecule has 0 aromatic heterocycles. The van der Waals surface area contributed by atoms with Gasteiger partial charge >= 0.3 is 18.1 Å². The van der Waals surface area contributed by atoms with E-state index in [4.69, 9.17) is 15.6 Å². The maximum atomic E-state index is 11.2. The summed E-state index contributed by atoms with van der Waals surface area (Å²) in [6.07, 6.45) is -0.0880. The van der Waals surface area contributed by atoms with Crippen LogP contribution in [0.25, 0.3) is 5.57 Å². The van der Waals surface area contributed by atoms with Gasteiger partial charge in [-0.25, -0.2) is 4.79 Å². The van der Waals surface area contributed by atoms with Gasteiger partial charge in [-0.2, -0.15) is 13.2 Å². The average Bonchev–Trinajstić information content (AvgIpc) is 3.25. The number of nitrogens with zero attached hydrogens (tertiary/aromatic N) is 1. The van der Waals surface area contributed by atoms with E-state index in [1.165, 1.54) is 16.7 Å². The summed E-state index contributed by atoms with van der Waals surface area (Å²) >= 11 is 0. The van der Waals surface area contributed by atoms with Crippen LogP contribution in [0.3, 0.4) is 0 Å². The highest BCUT2D eigenvalue weighted by Crippen LogP contribution is 2.25. The summed E-state index contributed by atoms with van der Waals surface area (Å²) in [5, 5.41) is 16.3.